The minimum atomic E-state index is 0.00983. The Hall–Kier alpha value is -1.89. The third-order valence-corrected chi connectivity index (χ3v) is 5.97. The predicted molar refractivity (Wildman–Crippen MR) is 106 cm³/mol. The van der Waals surface area contributed by atoms with Crippen LogP contribution in [-0.2, 0) is 16.1 Å². The van der Waals surface area contributed by atoms with Crippen molar-refractivity contribution < 1.29 is 9.53 Å². The second-order valence-corrected chi connectivity index (χ2v) is 7.95. The molecule has 2 aliphatic rings. The van der Waals surface area contributed by atoms with Crippen molar-refractivity contribution in [2.45, 2.75) is 44.3 Å². The zero-order chi connectivity index (χ0) is 18.6. The van der Waals surface area contributed by atoms with Crippen LogP contribution in [-0.4, -0.2) is 54.2 Å². The molecular formula is C21H30N4O2. The lowest BCUT2D eigenvalue weighted by atomic mass is 10.00. The molecule has 0 saturated carbocycles. The second kappa shape index (κ2) is 8.42. The number of carbonyl (C=O) groups excluding carboxylic acids is 1. The Balaban J connectivity index is 1.37. The Kier molecular flexibility index (Phi) is 5.76. The van der Waals surface area contributed by atoms with Crippen molar-refractivity contribution in [3.05, 3.63) is 36.0 Å². The van der Waals surface area contributed by atoms with Crippen LogP contribution in [0.15, 0.2) is 30.5 Å². The molecule has 4 N–H and O–H groups in total. The van der Waals surface area contributed by atoms with Gasteiger partial charge in [-0.25, -0.2) is 0 Å². The topological polar surface area (TPSA) is 83.4 Å². The van der Waals surface area contributed by atoms with Crippen molar-refractivity contribution >= 4 is 16.8 Å². The highest BCUT2D eigenvalue weighted by Gasteiger charge is 2.31. The van der Waals surface area contributed by atoms with Gasteiger partial charge in [0.05, 0.1) is 5.92 Å². The molecule has 1 amide bonds. The SMILES string of the molecule is N[C@H]1CC[C@@H](C(=O)NCc2ccc3cc[nH]c3c2)CN(C2CCOCC2)C1. The van der Waals surface area contributed by atoms with E-state index in [4.69, 9.17) is 10.5 Å². The van der Waals surface area contributed by atoms with E-state index in [0.29, 0.717) is 12.6 Å². The molecular weight excluding hydrogens is 340 g/mol. The van der Waals surface area contributed by atoms with Gasteiger partial charge in [0, 0.05) is 56.6 Å². The molecule has 27 heavy (non-hydrogen) atoms. The van der Waals surface area contributed by atoms with Crippen molar-refractivity contribution in [2.75, 3.05) is 26.3 Å². The van der Waals surface area contributed by atoms with Gasteiger partial charge in [0.25, 0.3) is 0 Å². The second-order valence-electron chi connectivity index (χ2n) is 7.95. The highest BCUT2D eigenvalue weighted by Crippen LogP contribution is 2.23. The Labute approximate surface area is 160 Å². The number of aromatic nitrogens is 1. The Morgan fingerprint density at radius 2 is 2.04 bits per heavy atom. The molecule has 0 aliphatic carbocycles. The molecule has 2 aromatic rings. The van der Waals surface area contributed by atoms with Crippen LogP contribution in [0.25, 0.3) is 10.9 Å². The lowest BCUT2D eigenvalue weighted by molar-refractivity contribution is -0.126. The van der Waals surface area contributed by atoms with Crippen LogP contribution in [0.5, 0.6) is 0 Å². The monoisotopic (exact) mass is 370 g/mol. The normalized spacial score (nSPS) is 25.4. The number of H-pyrrole nitrogens is 1. The van der Waals surface area contributed by atoms with Gasteiger partial charge in [-0.1, -0.05) is 12.1 Å². The van der Waals surface area contributed by atoms with Gasteiger partial charge in [0.15, 0.2) is 0 Å². The van der Waals surface area contributed by atoms with Crippen LogP contribution in [0, 0.1) is 5.92 Å². The molecule has 2 aliphatic heterocycles. The molecule has 1 aromatic carbocycles. The molecule has 0 spiro atoms. The lowest BCUT2D eigenvalue weighted by Gasteiger charge is -2.35. The minimum absolute atomic E-state index is 0.00983. The Morgan fingerprint density at radius 1 is 1.19 bits per heavy atom. The lowest BCUT2D eigenvalue weighted by Crippen LogP contribution is -2.47. The molecule has 6 heteroatoms. The van der Waals surface area contributed by atoms with Gasteiger partial charge in [-0.3, -0.25) is 9.69 Å². The first-order valence-corrected chi connectivity index (χ1v) is 10.1. The Bertz CT molecular complexity index is 768. The van der Waals surface area contributed by atoms with E-state index in [1.54, 1.807) is 0 Å². The van der Waals surface area contributed by atoms with E-state index in [1.807, 2.05) is 6.20 Å². The molecule has 4 rings (SSSR count). The third-order valence-electron chi connectivity index (χ3n) is 5.97. The van der Waals surface area contributed by atoms with Gasteiger partial charge in [0.2, 0.25) is 5.91 Å². The highest BCUT2D eigenvalue weighted by molar-refractivity contribution is 5.81. The average Bonchev–Trinajstić information content (AvgIpc) is 3.07. The Morgan fingerprint density at radius 3 is 2.89 bits per heavy atom. The molecule has 146 valence electrons. The van der Waals surface area contributed by atoms with E-state index in [2.05, 4.69) is 39.5 Å². The maximum Gasteiger partial charge on any atom is 0.224 e. The number of likely N-dealkylation sites (tertiary alicyclic amines) is 1. The smallest absolute Gasteiger partial charge is 0.224 e. The van der Waals surface area contributed by atoms with Crippen LogP contribution >= 0.6 is 0 Å². The maximum absolute atomic E-state index is 12.9. The fraction of sp³-hybridized carbons (Fsp3) is 0.571. The van der Waals surface area contributed by atoms with Crippen molar-refractivity contribution in [1.29, 1.82) is 0 Å². The molecule has 6 nitrogen and oxygen atoms in total. The standard InChI is InChI=1S/C21H30N4O2/c22-18-4-3-17(13-25(14-18)19-6-9-27-10-7-19)21(26)24-12-15-1-2-16-5-8-23-20(16)11-15/h1-2,5,8,11,17-19,23H,3-4,6-7,9-10,12-14,22H2,(H,24,26)/t17-,18+/m1/s1. The molecule has 3 heterocycles. The van der Waals surface area contributed by atoms with E-state index >= 15 is 0 Å². The summed E-state index contributed by atoms with van der Waals surface area (Å²) in [5.74, 6) is 0.156. The van der Waals surface area contributed by atoms with Gasteiger partial charge < -0.3 is 20.8 Å². The van der Waals surface area contributed by atoms with Crippen LogP contribution in [0.4, 0.5) is 0 Å². The first-order valence-electron chi connectivity index (χ1n) is 10.1. The van der Waals surface area contributed by atoms with Crippen LogP contribution in [0.3, 0.4) is 0 Å². The van der Waals surface area contributed by atoms with E-state index in [1.165, 1.54) is 5.39 Å². The van der Waals surface area contributed by atoms with Gasteiger partial charge in [-0.05, 0) is 48.8 Å². The van der Waals surface area contributed by atoms with E-state index in [9.17, 15) is 4.79 Å². The quantitative estimate of drug-likeness (QED) is 0.769. The number of nitrogens with zero attached hydrogens (tertiary/aromatic N) is 1. The predicted octanol–water partition coefficient (Wildman–Crippen LogP) is 2.00. The summed E-state index contributed by atoms with van der Waals surface area (Å²) in [6.45, 7) is 3.88. The molecule has 0 bridgehead atoms. The van der Waals surface area contributed by atoms with Crippen LogP contribution in [0.1, 0.15) is 31.2 Å². The summed E-state index contributed by atoms with van der Waals surface area (Å²) in [5.41, 5.74) is 8.51. The van der Waals surface area contributed by atoms with E-state index < -0.39 is 0 Å². The largest absolute Gasteiger partial charge is 0.381 e. The van der Waals surface area contributed by atoms with Gasteiger partial charge in [-0.2, -0.15) is 0 Å². The van der Waals surface area contributed by atoms with Crippen molar-refractivity contribution in [2.24, 2.45) is 11.7 Å². The number of ether oxygens (including phenoxy) is 1. The summed E-state index contributed by atoms with van der Waals surface area (Å²) in [6, 6.07) is 8.97. The molecule has 2 saturated heterocycles. The minimum Gasteiger partial charge on any atom is -0.381 e. The first-order chi connectivity index (χ1) is 13.2. The summed E-state index contributed by atoms with van der Waals surface area (Å²) < 4.78 is 5.50. The number of aromatic amines is 1. The van der Waals surface area contributed by atoms with Gasteiger partial charge >= 0.3 is 0 Å². The number of carbonyl (C=O) groups is 1. The van der Waals surface area contributed by atoms with E-state index in [-0.39, 0.29) is 17.9 Å². The molecule has 0 radical (unpaired) electrons. The number of amides is 1. The van der Waals surface area contributed by atoms with Crippen molar-refractivity contribution in [1.82, 2.24) is 15.2 Å². The fourth-order valence-electron chi connectivity index (χ4n) is 4.36. The number of hydrogen-bond donors (Lipinski definition) is 3. The summed E-state index contributed by atoms with van der Waals surface area (Å²) in [5, 5.41) is 4.34. The number of nitrogens with one attached hydrogen (secondary N) is 2. The summed E-state index contributed by atoms with van der Waals surface area (Å²) in [7, 11) is 0. The van der Waals surface area contributed by atoms with Crippen LogP contribution < -0.4 is 11.1 Å². The summed E-state index contributed by atoms with van der Waals surface area (Å²) in [6.07, 6.45) is 5.79. The first kappa shape index (κ1) is 18.5. The molecule has 2 atom stereocenters. The number of nitrogens with two attached hydrogens (primary N) is 1. The molecule has 1 aromatic heterocycles. The maximum atomic E-state index is 12.9. The number of hydrogen-bond acceptors (Lipinski definition) is 4. The fourth-order valence-corrected chi connectivity index (χ4v) is 4.36. The highest BCUT2D eigenvalue weighted by atomic mass is 16.5. The third kappa shape index (κ3) is 4.51. The summed E-state index contributed by atoms with van der Waals surface area (Å²) >= 11 is 0. The zero-order valence-corrected chi connectivity index (χ0v) is 15.8. The number of benzene rings is 1. The van der Waals surface area contributed by atoms with E-state index in [0.717, 1.165) is 63.1 Å². The van der Waals surface area contributed by atoms with Gasteiger partial charge in [0.1, 0.15) is 0 Å². The molecule has 2 fully saturated rings. The molecule has 0 unspecified atom stereocenters. The number of fused-ring (bicyclic) bond motifs is 1. The summed E-state index contributed by atoms with van der Waals surface area (Å²) in [4.78, 5) is 18.5. The average molecular weight is 370 g/mol. The van der Waals surface area contributed by atoms with Gasteiger partial charge in [-0.15, -0.1) is 0 Å². The van der Waals surface area contributed by atoms with Crippen LogP contribution in [0.2, 0.25) is 0 Å². The van der Waals surface area contributed by atoms with Crippen molar-refractivity contribution in [3.8, 4) is 0 Å². The van der Waals surface area contributed by atoms with Crippen molar-refractivity contribution in [3.63, 3.8) is 0 Å². The zero-order valence-electron chi connectivity index (χ0n) is 15.8. The number of rotatable bonds is 4.